The molecule has 0 unspecified atom stereocenters. The van der Waals surface area contributed by atoms with Gasteiger partial charge in [-0.1, -0.05) is 6.07 Å². The monoisotopic (exact) mass is 238 g/mol. The molecule has 0 bridgehead atoms. The largest absolute Gasteiger partial charge is 0.404 e. The van der Waals surface area contributed by atoms with Crippen LogP contribution in [0.1, 0.15) is 23.1 Å². The molecule has 0 atom stereocenters. The van der Waals surface area contributed by atoms with E-state index in [1.54, 1.807) is 6.07 Å². The summed E-state index contributed by atoms with van der Waals surface area (Å²) in [4.78, 5) is 4.33. The Morgan fingerprint density at radius 3 is 2.83 bits per heavy atom. The quantitative estimate of drug-likeness (QED) is 0.825. The Balaban J connectivity index is 2.41. The van der Waals surface area contributed by atoms with Gasteiger partial charge in [0.1, 0.15) is 0 Å². The molecule has 1 aromatic rings. The standard InChI is InChI=1S/C14H14N4/c1-9-4-10(6-15)2-3-12(9)13(7-16)14-5-11(17)8-18-14/h2-4,7,17H,5,8,16H2,1H3. The molecule has 0 amide bonds. The number of benzene rings is 1. The Kier molecular flexibility index (Phi) is 3.24. The Hall–Kier alpha value is -2.41. The third kappa shape index (κ3) is 2.16. The second kappa shape index (κ2) is 4.84. The summed E-state index contributed by atoms with van der Waals surface area (Å²) in [6.07, 6.45) is 2.09. The van der Waals surface area contributed by atoms with Gasteiger partial charge in [-0.2, -0.15) is 5.26 Å². The minimum atomic E-state index is 0.460. The first kappa shape index (κ1) is 12.1. The Morgan fingerprint density at radius 1 is 1.56 bits per heavy atom. The highest BCUT2D eigenvalue weighted by Gasteiger charge is 2.18. The van der Waals surface area contributed by atoms with Crippen LogP contribution in [0.4, 0.5) is 0 Å². The van der Waals surface area contributed by atoms with Gasteiger partial charge < -0.3 is 11.1 Å². The average Bonchev–Trinajstić information content (AvgIpc) is 2.78. The SMILES string of the molecule is Cc1cc(C#N)ccc1C(=CN)C1=NCC(=N)C1. The minimum Gasteiger partial charge on any atom is -0.404 e. The van der Waals surface area contributed by atoms with Crippen molar-refractivity contribution in [3.63, 3.8) is 0 Å². The molecule has 1 aliphatic rings. The van der Waals surface area contributed by atoms with Gasteiger partial charge >= 0.3 is 0 Å². The third-order valence-electron chi connectivity index (χ3n) is 2.96. The lowest BCUT2D eigenvalue weighted by Gasteiger charge is -2.10. The lowest BCUT2D eigenvalue weighted by molar-refractivity contribution is 1.30. The lowest BCUT2D eigenvalue weighted by Crippen LogP contribution is -2.05. The number of nitriles is 1. The molecule has 0 fully saturated rings. The summed E-state index contributed by atoms with van der Waals surface area (Å²) in [5, 5.41) is 16.5. The van der Waals surface area contributed by atoms with Crippen LogP contribution in [0, 0.1) is 23.7 Å². The predicted molar refractivity (Wildman–Crippen MR) is 72.7 cm³/mol. The van der Waals surface area contributed by atoms with Crippen molar-refractivity contribution in [2.24, 2.45) is 10.7 Å². The molecule has 0 radical (unpaired) electrons. The maximum atomic E-state index is 8.85. The number of rotatable bonds is 2. The first-order valence-corrected chi connectivity index (χ1v) is 5.68. The van der Waals surface area contributed by atoms with Gasteiger partial charge in [-0.15, -0.1) is 0 Å². The highest BCUT2D eigenvalue weighted by Crippen LogP contribution is 2.24. The molecule has 1 aliphatic heterocycles. The minimum absolute atomic E-state index is 0.460. The first-order chi connectivity index (χ1) is 8.65. The van der Waals surface area contributed by atoms with Gasteiger partial charge in [-0.3, -0.25) is 4.99 Å². The van der Waals surface area contributed by atoms with Crippen LogP contribution < -0.4 is 5.73 Å². The molecule has 0 spiro atoms. The molecule has 3 N–H and O–H groups in total. The Labute approximate surface area is 106 Å². The smallest absolute Gasteiger partial charge is 0.0991 e. The summed E-state index contributed by atoms with van der Waals surface area (Å²) in [7, 11) is 0. The molecule has 1 aromatic carbocycles. The van der Waals surface area contributed by atoms with Crippen molar-refractivity contribution in [2.45, 2.75) is 13.3 Å². The van der Waals surface area contributed by atoms with Crippen molar-refractivity contribution < 1.29 is 0 Å². The van der Waals surface area contributed by atoms with Crippen molar-refractivity contribution in [2.75, 3.05) is 6.54 Å². The van der Waals surface area contributed by atoms with Crippen LogP contribution in [0.3, 0.4) is 0 Å². The van der Waals surface area contributed by atoms with Crippen LogP contribution in [-0.4, -0.2) is 18.0 Å². The zero-order valence-electron chi connectivity index (χ0n) is 10.2. The van der Waals surface area contributed by atoms with E-state index in [9.17, 15) is 0 Å². The molecular formula is C14H14N4. The second-order valence-electron chi connectivity index (χ2n) is 4.27. The molecule has 0 saturated carbocycles. The first-order valence-electron chi connectivity index (χ1n) is 5.68. The number of hydrogen-bond acceptors (Lipinski definition) is 4. The van der Waals surface area contributed by atoms with Gasteiger partial charge in [0.15, 0.2) is 0 Å². The van der Waals surface area contributed by atoms with Crippen molar-refractivity contribution in [1.29, 1.82) is 10.7 Å². The predicted octanol–water partition coefficient (Wildman–Crippen LogP) is 2.03. The van der Waals surface area contributed by atoms with Crippen LogP contribution >= 0.6 is 0 Å². The van der Waals surface area contributed by atoms with Crippen LogP contribution in [0.25, 0.3) is 5.57 Å². The molecule has 1 heterocycles. The third-order valence-corrected chi connectivity index (χ3v) is 2.96. The van der Waals surface area contributed by atoms with Crippen LogP contribution in [0.15, 0.2) is 29.4 Å². The molecular weight excluding hydrogens is 224 g/mol. The summed E-state index contributed by atoms with van der Waals surface area (Å²) in [5.41, 5.74) is 10.6. The fourth-order valence-electron chi connectivity index (χ4n) is 2.06. The van der Waals surface area contributed by atoms with E-state index in [1.165, 1.54) is 6.20 Å². The van der Waals surface area contributed by atoms with E-state index >= 15 is 0 Å². The number of allylic oxidation sites excluding steroid dienone is 1. The number of hydrogen-bond donors (Lipinski definition) is 2. The molecule has 4 heteroatoms. The summed E-state index contributed by atoms with van der Waals surface area (Å²) >= 11 is 0. The zero-order chi connectivity index (χ0) is 13.1. The van der Waals surface area contributed by atoms with Gasteiger partial charge in [0.2, 0.25) is 0 Å². The summed E-state index contributed by atoms with van der Waals surface area (Å²) in [6, 6.07) is 7.60. The van der Waals surface area contributed by atoms with Crippen molar-refractivity contribution >= 4 is 17.0 Å². The second-order valence-corrected chi connectivity index (χ2v) is 4.27. The lowest BCUT2D eigenvalue weighted by atomic mass is 9.95. The van der Waals surface area contributed by atoms with Crippen LogP contribution in [0.2, 0.25) is 0 Å². The number of nitrogens with two attached hydrogens (primary N) is 1. The number of nitrogens with zero attached hydrogens (tertiary/aromatic N) is 2. The van der Waals surface area contributed by atoms with Crippen molar-refractivity contribution in [3.05, 3.63) is 41.1 Å². The van der Waals surface area contributed by atoms with Crippen LogP contribution in [-0.2, 0) is 0 Å². The maximum absolute atomic E-state index is 8.85. The van der Waals surface area contributed by atoms with E-state index in [-0.39, 0.29) is 0 Å². The van der Waals surface area contributed by atoms with Crippen LogP contribution in [0.5, 0.6) is 0 Å². The van der Waals surface area contributed by atoms with Gasteiger partial charge in [0.25, 0.3) is 0 Å². The topological polar surface area (TPSA) is 86.0 Å². The normalized spacial score (nSPS) is 15.4. The fourth-order valence-corrected chi connectivity index (χ4v) is 2.06. The molecule has 0 aromatic heterocycles. The van der Waals surface area contributed by atoms with Crippen molar-refractivity contribution in [1.82, 2.24) is 0 Å². The van der Waals surface area contributed by atoms with Gasteiger partial charge in [-0.05, 0) is 30.2 Å². The fraction of sp³-hybridized carbons (Fsp3) is 0.214. The summed E-state index contributed by atoms with van der Waals surface area (Å²) in [6.45, 7) is 2.41. The van der Waals surface area contributed by atoms with E-state index in [0.29, 0.717) is 24.2 Å². The van der Waals surface area contributed by atoms with E-state index in [0.717, 1.165) is 22.4 Å². The van der Waals surface area contributed by atoms with Gasteiger partial charge in [-0.25, -0.2) is 0 Å². The Morgan fingerprint density at radius 2 is 2.33 bits per heavy atom. The highest BCUT2D eigenvalue weighted by atomic mass is 14.8. The maximum Gasteiger partial charge on any atom is 0.0991 e. The van der Waals surface area contributed by atoms with E-state index < -0.39 is 0 Å². The number of aliphatic imine (C=N–C) groups is 1. The van der Waals surface area contributed by atoms with Gasteiger partial charge in [0.05, 0.1) is 23.9 Å². The number of aryl methyl sites for hydroxylation is 1. The van der Waals surface area contributed by atoms with E-state index in [4.69, 9.17) is 16.4 Å². The summed E-state index contributed by atoms with van der Waals surface area (Å²) < 4.78 is 0. The molecule has 18 heavy (non-hydrogen) atoms. The Bertz CT molecular complexity index is 603. The molecule has 0 saturated heterocycles. The number of nitrogens with one attached hydrogen (secondary N) is 1. The highest BCUT2D eigenvalue weighted by molar-refractivity contribution is 6.31. The van der Waals surface area contributed by atoms with Crippen molar-refractivity contribution in [3.8, 4) is 6.07 Å². The van der Waals surface area contributed by atoms with Gasteiger partial charge in [0, 0.05) is 23.9 Å². The molecule has 0 aliphatic carbocycles. The molecule has 4 nitrogen and oxygen atoms in total. The average molecular weight is 238 g/mol. The molecule has 2 rings (SSSR count). The van der Waals surface area contributed by atoms with E-state index in [1.807, 2.05) is 19.1 Å². The molecule has 90 valence electrons. The van der Waals surface area contributed by atoms with E-state index in [2.05, 4.69) is 11.1 Å². The summed E-state index contributed by atoms with van der Waals surface area (Å²) in [5.74, 6) is 0. The zero-order valence-corrected chi connectivity index (χ0v) is 10.2.